The monoisotopic (exact) mass is 319 g/mol. The summed E-state index contributed by atoms with van der Waals surface area (Å²) in [5, 5.41) is 0. The lowest BCUT2D eigenvalue weighted by Gasteiger charge is -2.37. The molecule has 0 bridgehead atoms. The molecule has 1 nitrogen and oxygen atoms in total. The van der Waals surface area contributed by atoms with Gasteiger partial charge in [0, 0.05) is 11.6 Å². The number of nitrogens with zero attached hydrogens (tertiary/aromatic N) is 1. The number of hydrogen-bond donors (Lipinski definition) is 0. The Morgan fingerprint density at radius 3 is 2.22 bits per heavy atom. The van der Waals surface area contributed by atoms with E-state index >= 15 is 0 Å². The van der Waals surface area contributed by atoms with Gasteiger partial charge in [0.1, 0.15) is 0 Å². The van der Waals surface area contributed by atoms with E-state index in [0.717, 1.165) is 6.04 Å². The highest BCUT2D eigenvalue weighted by atomic mass is 79.9. The summed E-state index contributed by atoms with van der Waals surface area (Å²) in [5.41, 5.74) is 0.378. The SMILES string of the molecule is Br.CCCCCCCCC1CCCN1C(C)(C)C. The van der Waals surface area contributed by atoms with Crippen molar-refractivity contribution in [1.82, 2.24) is 4.90 Å². The van der Waals surface area contributed by atoms with Crippen molar-refractivity contribution in [3.63, 3.8) is 0 Å². The Bertz CT molecular complexity index is 198. The molecule has 110 valence electrons. The maximum absolute atomic E-state index is 2.74. The Morgan fingerprint density at radius 2 is 1.61 bits per heavy atom. The van der Waals surface area contributed by atoms with E-state index in [4.69, 9.17) is 0 Å². The van der Waals surface area contributed by atoms with Crippen LogP contribution in [0.4, 0.5) is 0 Å². The summed E-state index contributed by atoms with van der Waals surface area (Å²) in [4.78, 5) is 2.74. The zero-order valence-corrected chi connectivity index (χ0v) is 14.7. The van der Waals surface area contributed by atoms with E-state index in [2.05, 4.69) is 32.6 Å². The third kappa shape index (κ3) is 6.56. The van der Waals surface area contributed by atoms with E-state index in [1.165, 1.54) is 64.3 Å². The van der Waals surface area contributed by atoms with Crippen molar-refractivity contribution >= 4 is 17.0 Å². The molecule has 2 heteroatoms. The number of unbranched alkanes of at least 4 members (excludes halogenated alkanes) is 5. The van der Waals surface area contributed by atoms with Crippen LogP contribution in [-0.4, -0.2) is 23.0 Å². The zero-order valence-electron chi connectivity index (χ0n) is 13.0. The lowest BCUT2D eigenvalue weighted by Crippen LogP contribution is -2.44. The Balaban J connectivity index is 0.00000289. The van der Waals surface area contributed by atoms with Gasteiger partial charge < -0.3 is 0 Å². The van der Waals surface area contributed by atoms with Gasteiger partial charge in [0.05, 0.1) is 0 Å². The van der Waals surface area contributed by atoms with Crippen molar-refractivity contribution in [2.75, 3.05) is 6.54 Å². The molecule has 1 atom stereocenters. The smallest absolute Gasteiger partial charge is 0.0127 e. The largest absolute Gasteiger partial charge is 0.296 e. The maximum atomic E-state index is 2.74. The van der Waals surface area contributed by atoms with Gasteiger partial charge in [0.2, 0.25) is 0 Å². The minimum absolute atomic E-state index is 0. The van der Waals surface area contributed by atoms with Crippen LogP contribution in [0.15, 0.2) is 0 Å². The molecule has 0 amide bonds. The molecular weight excluding hydrogens is 286 g/mol. The van der Waals surface area contributed by atoms with Crippen LogP contribution in [0.1, 0.15) is 85.5 Å². The summed E-state index contributed by atoms with van der Waals surface area (Å²) in [5.74, 6) is 0. The molecule has 0 spiro atoms. The zero-order chi connectivity index (χ0) is 12.7. The highest BCUT2D eigenvalue weighted by Gasteiger charge is 2.31. The van der Waals surface area contributed by atoms with Crippen molar-refractivity contribution in [2.45, 2.75) is 97.1 Å². The number of hydrogen-bond acceptors (Lipinski definition) is 1. The summed E-state index contributed by atoms with van der Waals surface area (Å²) in [6, 6.07) is 0.876. The third-order valence-electron chi connectivity index (χ3n) is 4.13. The molecule has 1 rings (SSSR count). The van der Waals surface area contributed by atoms with Gasteiger partial charge in [-0.3, -0.25) is 4.90 Å². The fourth-order valence-corrected chi connectivity index (χ4v) is 3.18. The Hall–Kier alpha value is 0.440. The van der Waals surface area contributed by atoms with Gasteiger partial charge in [-0.1, -0.05) is 45.4 Å². The molecule has 0 aromatic carbocycles. The summed E-state index contributed by atoms with van der Waals surface area (Å²) in [6.45, 7) is 10.7. The molecule has 0 aliphatic carbocycles. The topological polar surface area (TPSA) is 3.24 Å². The first-order valence-electron chi connectivity index (χ1n) is 7.82. The van der Waals surface area contributed by atoms with Crippen LogP contribution in [0.5, 0.6) is 0 Å². The van der Waals surface area contributed by atoms with Crippen molar-refractivity contribution < 1.29 is 0 Å². The highest BCUT2D eigenvalue weighted by Crippen LogP contribution is 2.29. The van der Waals surface area contributed by atoms with Crippen molar-refractivity contribution in [2.24, 2.45) is 0 Å². The van der Waals surface area contributed by atoms with Gasteiger partial charge >= 0.3 is 0 Å². The quantitative estimate of drug-likeness (QED) is 0.554. The minimum atomic E-state index is 0. The van der Waals surface area contributed by atoms with Crippen LogP contribution in [0.2, 0.25) is 0 Å². The summed E-state index contributed by atoms with van der Waals surface area (Å²) in [6.07, 6.45) is 12.9. The van der Waals surface area contributed by atoms with Crippen LogP contribution in [0.3, 0.4) is 0 Å². The van der Waals surface area contributed by atoms with E-state index in [1.807, 2.05) is 0 Å². The van der Waals surface area contributed by atoms with E-state index < -0.39 is 0 Å². The Kier molecular flexibility index (Phi) is 9.59. The molecule has 0 N–H and O–H groups in total. The molecule has 1 saturated heterocycles. The molecule has 0 radical (unpaired) electrons. The average molecular weight is 320 g/mol. The van der Waals surface area contributed by atoms with Crippen LogP contribution < -0.4 is 0 Å². The standard InChI is InChI=1S/C16H33N.BrH/c1-5-6-7-8-9-10-12-15-13-11-14-17(15)16(2,3)4;/h15H,5-14H2,1-4H3;1H. The molecule has 1 heterocycles. The van der Waals surface area contributed by atoms with Crippen molar-refractivity contribution in [3.05, 3.63) is 0 Å². The summed E-state index contributed by atoms with van der Waals surface area (Å²) >= 11 is 0. The number of rotatable bonds is 7. The van der Waals surface area contributed by atoms with E-state index in [0.29, 0.717) is 5.54 Å². The fourth-order valence-electron chi connectivity index (χ4n) is 3.18. The van der Waals surface area contributed by atoms with Crippen LogP contribution in [0.25, 0.3) is 0 Å². The molecule has 0 aromatic rings. The molecule has 0 aromatic heterocycles. The van der Waals surface area contributed by atoms with Gasteiger partial charge in [-0.05, 0) is 46.6 Å². The maximum Gasteiger partial charge on any atom is 0.0127 e. The van der Waals surface area contributed by atoms with Crippen LogP contribution in [-0.2, 0) is 0 Å². The third-order valence-corrected chi connectivity index (χ3v) is 4.13. The predicted molar refractivity (Wildman–Crippen MR) is 87.8 cm³/mol. The van der Waals surface area contributed by atoms with Crippen molar-refractivity contribution in [3.8, 4) is 0 Å². The fraction of sp³-hybridized carbons (Fsp3) is 1.00. The molecular formula is C16H34BrN. The predicted octanol–water partition coefficient (Wildman–Crippen LogP) is 5.58. The first-order valence-corrected chi connectivity index (χ1v) is 7.82. The van der Waals surface area contributed by atoms with Gasteiger partial charge in [-0.15, -0.1) is 17.0 Å². The Labute approximate surface area is 125 Å². The average Bonchev–Trinajstić information content (AvgIpc) is 2.71. The number of likely N-dealkylation sites (tertiary alicyclic amines) is 1. The minimum Gasteiger partial charge on any atom is -0.296 e. The van der Waals surface area contributed by atoms with E-state index in [1.54, 1.807) is 0 Å². The molecule has 1 aliphatic rings. The first kappa shape index (κ1) is 18.4. The van der Waals surface area contributed by atoms with E-state index in [9.17, 15) is 0 Å². The number of halogens is 1. The molecule has 18 heavy (non-hydrogen) atoms. The normalized spacial score (nSPS) is 21.0. The lowest BCUT2D eigenvalue weighted by atomic mass is 10.00. The second-order valence-corrected chi connectivity index (χ2v) is 6.72. The van der Waals surface area contributed by atoms with Gasteiger partial charge in [0.15, 0.2) is 0 Å². The summed E-state index contributed by atoms with van der Waals surface area (Å²) in [7, 11) is 0. The molecule has 1 unspecified atom stereocenters. The second-order valence-electron chi connectivity index (χ2n) is 6.72. The first-order chi connectivity index (χ1) is 8.05. The molecule has 1 fully saturated rings. The van der Waals surface area contributed by atoms with Gasteiger partial charge in [-0.2, -0.15) is 0 Å². The lowest BCUT2D eigenvalue weighted by molar-refractivity contribution is 0.114. The second kappa shape index (κ2) is 9.36. The van der Waals surface area contributed by atoms with Gasteiger partial charge in [0.25, 0.3) is 0 Å². The van der Waals surface area contributed by atoms with Crippen molar-refractivity contribution in [1.29, 1.82) is 0 Å². The Morgan fingerprint density at radius 1 is 1.00 bits per heavy atom. The molecule has 1 aliphatic heterocycles. The summed E-state index contributed by atoms with van der Waals surface area (Å²) < 4.78 is 0. The molecule has 0 saturated carbocycles. The highest BCUT2D eigenvalue weighted by molar-refractivity contribution is 8.93. The van der Waals surface area contributed by atoms with Gasteiger partial charge in [-0.25, -0.2) is 0 Å². The van der Waals surface area contributed by atoms with E-state index in [-0.39, 0.29) is 17.0 Å². The van der Waals surface area contributed by atoms with Crippen LogP contribution >= 0.6 is 17.0 Å². The van der Waals surface area contributed by atoms with Crippen LogP contribution in [0, 0.1) is 0 Å².